The second kappa shape index (κ2) is 14.1. The lowest BCUT2D eigenvalue weighted by molar-refractivity contribution is -0.245. The molecule has 3 aromatic carbocycles. The molecule has 4 aromatic rings. The second-order valence-electron chi connectivity index (χ2n) is 9.74. The third-order valence-electron chi connectivity index (χ3n) is 6.80. The molecule has 3 atom stereocenters. The summed E-state index contributed by atoms with van der Waals surface area (Å²) < 4.78 is 13.9. The molecule has 41 heavy (non-hydrogen) atoms. The van der Waals surface area contributed by atoms with Crippen LogP contribution >= 0.6 is 23.1 Å². The Morgan fingerprint density at radius 2 is 1.76 bits per heavy atom. The van der Waals surface area contributed by atoms with Gasteiger partial charge in [-0.3, -0.25) is 0 Å². The van der Waals surface area contributed by atoms with Crippen molar-refractivity contribution in [3.8, 4) is 11.1 Å². The van der Waals surface area contributed by atoms with E-state index in [2.05, 4.69) is 39.0 Å². The number of carbonyl (C=O) groups excluding carboxylic acids is 1. The van der Waals surface area contributed by atoms with Crippen molar-refractivity contribution >= 4 is 29.1 Å². The van der Waals surface area contributed by atoms with Crippen LogP contribution in [0.2, 0.25) is 0 Å². The monoisotopic (exact) mass is 590 g/mol. The number of aliphatic hydroxyl groups is 1. The van der Waals surface area contributed by atoms with Gasteiger partial charge < -0.3 is 25.2 Å². The van der Waals surface area contributed by atoms with Gasteiger partial charge >= 0.3 is 6.03 Å². The molecule has 1 aromatic heterocycles. The van der Waals surface area contributed by atoms with E-state index >= 15 is 0 Å². The van der Waals surface area contributed by atoms with E-state index in [4.69, 9.17) is 9.47 Å². The molecule has 1 saturated heterocycles. The van der Waals surface area contributed by atoms with Crippen LogP contribution in [0, 0.1) is 6.92 Å². The number of hydrogen-bond donors (Lipinski definition) is 3. The van der Waals surface area contributed by atoms with Gasteiger partial charge in [-0.1, -0.05) is 95.9 Å². The number of hydrogen-bond acceptors (Lipinski definition) is 8. The van der Waals surface area contributed by atoms with Crippen molar-refractivity contribution in [2.75, 3.05) is 12.3 Å². The van der Waals surface area contributed by atoms with Crippen LogP contribution in [0.4, 0.5) is 4.79 Å². The fourth-order valence-electron chi connectivity index (χ4n) is 4.70. The van der Waals surface area contributed by atoms with Crippen molar-refractivity contribution in [3.63, 3.8) is 0 Å². The van der Waals surface area contributed by atoms with Gasteiger partial charge in [0.1, 0.15) is 5.01 Å². The summed E-state index contributed by atoms with van der Waals surface area (Å²) in [5.41, 5.74) is 6.00. The predicted molar refractivity (Wildman–Crippen MR) is 162 cm³/mol. The summed E-state index contributed by atoms with van der Waals surface area (Å²) in [6.07, 6.45) is -0.0176. The van der Waals surface area contributed by atoms with Crippen LogP contribution in [0.3, 0.4) is 0 Å². The summed E-state index contributed by atoms with van der Waals surface area (Å²) >= 11 is 3.24. The fourth-order valence-corrected chi connectivity index (χ4v) is 6.56. The third kappa shape index (κ3) is 7.72. The Kier molecular flexibility index (Phi) is 10.0. The van der Waals surface area contributed by atoms with Gasteiger partial charge in [0.05, 0.1) is 18.8 Å². The topological polar surface area (TPSA) is 106 Å². The summed E-state index contributed by atoms with van der Waals surface area (Å²) in [5.74, 6) is 0.740. The molecule has 2 heterocycles. The maximum absolute atomic E-state index is 11.9. The molecule has 0 saturated carbocycles. The van der Waals surface area contributed by atoms with E-state index in [-0.39, 0.29) is 24.8 Å². The van der Waals surface area contributed by atoms with Crippen molar-refractivity contribution in [2.45, 2.75) is 56.3 Å². The number of aromatic nitrogens is 2. The van der Waals surface area contributed by atoms with Gasteiger partial charge in [-0.25, -0.2) is 4.79 Å². The standard InChI is InChI=1S/C31H34N4O4S2/c1-3-32-30(37)33-17-25-6-4-5-7-27(25)22-12-14-24(15-13-22)29-38-26(19-40-31-35-34-20(2)41-31)16-28(39-29)23-10-8-21(18-36)9-11-23/h4-15,26,28-29,36H,3,16-19H2,1-2H3,(H2,32,33,37). The van der Waals surface area contributed by atoms with Gasteiger partial charge in [0.2, 0.25) is 0 Å². The second-order valence-corrected chi connectivity index (χ2v) is 12.2. The first-order valence-corrected chi connectivity index (χ1v) is 15.5. The number of benzene rings is 3. The minimum absolute atomic E-state index is 0.00947. The number of nitrogens with zero attached hydrogens (tertiary/aromatic N) is 2. The molecule has 0 spiro atoms. The van der Waals surface area contributed by atoms with E-state index in [9.17, 15) is 9.90 Å². The van der Waals surface area contributed by atoms with Crippen LogP contribution in [0.15, 0.2) is 77.1 Å². The van der Waals surface area contributed by atoms with Crippen LogP contribution in [-0.2, 0) is 22.6 Å². The number of nitrogens with one attached hydrogen (secondary N) is 2. The van der Waals surface area contributed by atoms with Crippen LogP contribution in [0.5, 0.6) is 0 Å². The highest BCUT2D eigenvalue weighted by Gasteiger charge is 2.32. The zero-order chi connectivity index (χ0) is 28.6. The van der Waals surface area contributed by atoms with E-state index in [0.29, 0.717) is 19.5 Å². The third-order valence-corrected chi connectivity index (χ3v) is 8.91. The zero-order valence-corrected chi connectivity index (χ0v) is 24.7. The van der Waals surface area contributed by atoms with Gasteiger partial charge in [0.25, 0.3) is 0 Å². The molecule has 0 bridgehead atoms. The smallest absolute Gasteiger partial charge is 0.315 e. The zero-order valence-electron chi connectivity index (χ0n) is 23.1. The number of aryl methyl sites for hydroxylation is 1. The lowest BCUT2D eigenvalue weighted by Gasteiger charge is -2.36. The van der Waals surface area contributed by atoms with Gasteiger partial charge in [-0.15, -0.1) is 10.2 Å². The van der Waals surface area contributed by atoms with Gasteiger partial charge in [-0.05, 0) is 41.7 Å². The van der Waals surface area contributed by atoms with Crippen molar-refractivity contribution in [3.05, 3.63) is 100 Å². The van der Waals surface area contributed by atoms with Gasteiger partial charge in [-0.2, -0.15) is 0 Å². The molecule has 1 aliphatic rings. The first kappa shape index (κ1) is 29.2. The number of carbonyl (C=O) groups is 1. The summed E-state index contributed by atoms with van der Waals surface area (Å²) in [4.78, 5) is 11.9. The Morgan fingerprint density at radius 3 is 2.46 bits per heavy atom. The highest BCUT2D eigenvalue weighted by Crippen LogP contribution is 2.40. The van der Waals surface area contributed by atoms with Crippen molar-refractivity contribution in [1.29, 1.82) is 0 Å². The summed E-state index contributed by atoms with van der Waals surface area (Å²) in [6, 6.07) is 24.0. The summed E-state index contributed by atoms with van der Waals surface area (Å²) in [7, 11) is 0. The maximum Gasteiger partial charge on any atom is 0.315 e. The molecule has 214 valence electrons. The predicted octanol–water partition coefficient (Wildman–Crippen LogP) is 6.16. The van der Waals surface area contributed by atoms with Crippen LogP contribution in [-0.4, -0.2) is 39.7 Å². The molecule has 1 fully saturated rings. The van der Waals surface area contributed by atoms with E-state index in [1.807, 2.05) is 68.4 Å². The Bertz CT molecular complexity index is 1430. The first-order chi connectivity index (χ1) is 20.0. The normalized spacial score (nSPS) is 18.7. The molecule has 8 nitrogen and oxygen atoms in total. The first-order valence-electron chi connectivity index (χ1n) is 13.7. The van der Waals surface area contributed by atoms with E-state index in [1.165, 1.54) is 0 Å². The van der Waals surface area contributed by atoms with E-state index in [0.717, 1.165) is 48.5 Å². The quantitative estimate of drug-likeness (QED) is 0.190. The molecular formula is C31H34N4O4S2. The lowest BCUT2D eigenvalue weighted by Crippen LogP contribution is -2.34. The molecule has 3 unspecified atom stereocenters. The highest BCUT2D eigenvalue weighted by molar-refractivity contribution is 8.01. The van der Waals surface area contributed by atoms with Crippen LogP contribution < -0.4 is 10.6 Å². The highest BCUT2D eigenvalue weighted by atomic mass is 32.2. The number of ether oxygens (including phenoxy) is 2. The lowest BCUT2D eigenvalue weighted by atomic mass is 9.98. The average molecular weight is 591 g/mol. The number of aliphatic hydroxyl groups excluding tert-OH is 1. The molecule has 0 radical (unpaired) electrons. The van der Waals surface area contributed by atoms with Crippen molar-refractivity contribution in [2.24, 2.45) is 0 Å². The minimum atomic E-state index is -0.531. The SMILES string of the molecule is CCNC(=O)NCc1ccccc1-c1ccc(C2OC(CSc3nnc(C)s3)CC(c3ccc(CO)cc3)O2)cc1. The largest absolute Gasteiger partial charge is 0.392 e. The van der Waals surface area contributed by atoms with Crippen LogP contribution in [0.1, 0.15) is 53.0 Å². The Morgan fingerprint density at radius 1 is 1.00 bits per heavy atom. The molecular weight excluding hydrogens is 556 g/mol. The molecule has 0 aliphatic carbocycles. The molecule has 1 aliphatic heterocycles. The molecule has 2 amide bonds. The number of rotatable bonds is 10. The number of thioether (sulfide) groups is 1. The van der Waals surface area contributed by atoms with E-state index < -0.39 is 6.29 Å². The minimum Gasteiger partial charge on any atom is -0.392 e. The number of amides is 2. The fraction of sp³-hybridized carbons (Fsp3) is 0.323. The average Bonchev–Trinajstić information content (AvgIpc) is 3.44. The Balaban J connectivity index is 1.33. The summed E-state index contributed by atoms with van der Waals surface area (Å²) in [5, 5.41) is 24.5. The van der Waals surface area contributed by atoms with Crippen molar-refractivity contribution in [1.82, 2.24) is 20.8 Å². The van der Waals surface area contributed by atoms with Gasteiger partial charge in [0, 0.05) is 30.8 Å². The van der Waals surface area contributed by atoms with E-state index in [1.54, 1.807) is 23.1 Å². The molecule has 5 rings (SSSR count). The Hall–Kier alpha value is -3.28. The summed E-state index contributed by atoms with van der Waals surface area (Å²) in [6.45, 7) is 4.87. The van der Waals surface area contributed by atoms with Crippen LogP contribution in [0.25, 0.3) is 11.1 Å². The molecule has 3 N–H and O–H groups in total. The number of urea groups is 1. The Labute approximate surface area is 248 Å². The van der Waals surface area contributed by atoms with Crippen molar-refractivity contribution < 1.29 is 19.4 Å². The maximum atomic E-state index is 11.9. The van der Waals surface area contributed by atoms with Gasteiger partial charge in [0.15, 0.2) is 10.6 Å². The molecule has 10 heteroatoms.